The van der Waals surface area contributed by atoms with Crippen LogP contribution in [0.5, 0.6) is 11.5 Å². The fraction of sp³-hybridized carbons (Fsp3) is 0.462. The van der Waals surface area contributed by atoms with Crippen LogP contribution < -0.4 is 14.8 Å². The first-order valence-corrected chi connectivity index (χ1v) is 5.79. The highest BCUT2D eigenvalue weighted by Crippen LogP contribution is 2.34. The van der Waals surface area contributed by atoms with Gasteiger partial charge in [0.05, 0.1) is 18.7 Å². The predicted molar refractivity (Wildman–Crippen MR) is 64.1 cm³/mol. The number of nitriles is 1. The lowest BCUT2D eigenvalue weighted by molar-refractivity contribution is 0.303. The maximum Gasteiger partial charge on any atom is 0.127 e. The topological polar surface area (TPSA) is 54.3 Å². The van der Waals surface area contributed by atoms with Gasteiger partial charge in [-0.1, -0.05) is 0 Å². The van der Waals surface area contributed by atoms with Crippen LogP contribution in [0.2, 0.25) is 0 Å². The summed E-state index contributed by atoms with van der Waals surface area (Å²) in [4.78, 5) is 0. The number of hydrogen-bond acceptors (Lipinski definition) is 4. The maximum atomic E-state index is 8.41. The maximum absolute atomic E-state index is 8.41. The van der Waals surface area contributed by atoms with Gasteiger partial charge in [0.25, 0.3) is 0 Å². The minimum atomic E-state index is 0.276. The molecule has 0 radical (unpaired) electrons. The highest BCUT2D eigenvalue weighted by atomic mass is 16.5. The van der Waals surface area contributed by atoms with Crippen molar-refractivity contribution in [3.8, 4) is 17.6 Å². The highest BCUT2D eigenvalue weighted by Gasteiger charge is 2.22. The molecule has 1 aliphatic rings. The molecule has 0 amide bonds. The van der Waals surface area contributed by atoms with Gasteiger partial charge >= 0.3 is 0 Å². The van der Waals surface area contributed by atoms with E-state index in [0.717, 1.165) is 17.9 Å². The smallest absolute Gasteiger partial charge is 0.127 e. The van der Waals surface area contributed by atoms with Crippen molar-refractivity contribution >= 4 is 0 Å². The van der Waals surface area contributed by atoms with Crippen molar-refractivity contribution in [3.05, 3.63) is 23.8 Å². The van der Waals surface area contributed by atoms with Gasteiger partial charge in [0.1, 0.15) is 18.1 Å². The van der Waals surface area contributed by atoms with Crippen molar-refractivity contribution in [1.29, 1.82) is 5.26 Å². The summed E-state index contributed by atoms with van der Waals surface area (Å²) in [6, 6.07) is 8.27. The van der Waals surface area contributed by atoms with Crippen molar-refractivity contribution in [1.82, 2.24) is 5.32 Å². The summed E-state index contributed by atoms with van der Waals surface area (Å²) in [7, 11) is 1.93. The molecule has 0 spiro atoms. The van der Waals surface area contributed by atoms with Gasteiger partial charge in [-0.3, -0.25) is 0 Å². The quantitative estimate of drug-likeness (QED) is 0.789. The molecule has 1 aliphatic heterocycles. The molecule has 1 atom stereocenters. The van der Waals surface area contributed by atoms with E-state index in [1.165, 1.54) is 5.56 Å². The summed E-state index contributed by atoms with van der Waals surface area (Å²) in [6.45, 7) is 1.24. The second-order valence-electron chi connectivity index (χ2n) is 3.96. The average molecular weight is 232 g/mol. The number of unbranched alkanes of at least 4 members (excludes halogenated alkanes) is 1. The van der Waals surface area contributed by atoms with E-state index in [-0.39, 0.29) is 6.04 Å². The van der Waals surface area contributed by atoms with Gasteiger partial charge in [0, 0.05) is 18.1 Å². The second kappa shape index (κ2) is 5.55. The van der Waals surface area contributed by atoms with E-state index in [1.807, 2.05) is 25.2 Å². The summed E-state index contributed by atoms with van der Waals surface area (Å²) in [5.41, 5.74) is 1.18. The Balaban J connectivity index is 1.96. The minimum absolute atomic E-state index is 0.276. The molecular weight excluding hydrogens is 216 g/mol. The average Bonchev–Trinajstić information content (AvgIpc) is 2.77. The van der Waals surface area contributed by atoms with Gasteiger partial charge in [-0.15, -0.1) is 0 Å². The van der Waals surface area contributed by atoms with Crippen LogP contribution in [0.15, 0.2) is 18.2 Å². The Bertz CT molecular complexity index is 426. The number of fused-ring (bicyclic) bond motifs is 1. The molecule has 0 fully saturated rings. The van der Waals surface area contributed by atoms with Gasteiger partial charge < -0.3 is 14.8 Å². The van der Waals surface area contributed by atoms with Crippen LogP contribution in [0, 0.1) is 11.3 Å². The first kappa shape index (κ1) is 11.7. The molecule has 1 N–H and O–H groups in total. The Hall–Kier alpha value is -1.73. The molecule has 4 nitrogen and oxygen atoms in total. The zero-order valence-corrected chi connectivity index (χ0v) is 9.90. The van der Waals surface area contributed by atoms with Gasteiger partial charge in [-0.2, -0.15) is 5.26 Å². The van der Waals surface area contributed by atoms with Crippen LogP contribution in [0.1, 0.15) is 24.4 Å². The molecule has 0 saturated heterocycles. The number of nitrogens with one attached hydrogen (secondary N) is 1. The standard InChI is InChI=1S/C13H16N2O2/c1-15-12-9-17-13-8-10(4-5-11(12)13)16-7-3-2-6-14/h4-5,8,12,15H,2-3,7,9H2,1H3. The van der Waals surface area contributed by atoms with E-state index >= 15 is 0 Å². The number of ether oxygens (including phenoxy) is 2. The van der Waals surface area contributed by atoms with Gasteiger partial charge in [-0.25, -0.2) is 0 Å². The molecule has 0 saturated carbocycles. The number of benzene rings is 1. The van der Waals surface area contributed by atoms with E-state index in [4.69, 9.17) is 14.7 Å². The zero-order valence-electron chi connectivity index (χ0n) is 9.90. The normalized spacial score (nSPS) is 17.1. The molecule has 1 aromatic rings. The molecule has 4 heteroatoms. The van der Waals surface area contributed by atoms with E-state index in [2.05, 4.69) is 11.4 Å². The van der Waals surface area contributed by atoms with Crippen LogP contribution in [0.3, 0.4) is 0 Å². The van der Waals surface area contributed by atoms with Gasteiger partial charge in [0.2, 0.25) is 0 Å². The van der Waals surface area contributed by atoms with Crippen molar-refractivity contribution in [2.24, 2.45) is 0 Å². The minimum Gasteiger partial charge on any atom is -0.493 e. The lowest BCUT2D eigenvalue weighted by atomic mass is 10.1. The molecule has 1 aromatic carbocycles. The third-order valence-corrected chi connectivity index (χ3v) is 2.82. The predicted octanol–water partition coefficient (Wildman–Crippen LogP) is 2.02. The molecule has 2 rings (SSSR count). The number of hydrogen-bond donors (Lipinski definition) is 1. The van der Waals surface area contributed by atoms with E-state index in [1.54, 1.807) is 0 Å². The molecule has 1 heterocycles. The highest BCUT2D eigenvalue weighted by molar-refractivity contribution is 5.44. The third kappa shape index (κ3) is 2.69. The molecular formula is C13H16N2O2. The Kier molecular flexibility index (Phi) is 3.84. The molecule has 0 aliphatic carbocycles. The fourth-order valence-corrected chi connectivity index (χ4v) is 1.86. The Morgan fingerprint density at radius 1 is 1.59 bits per heavy atom. The van der Waals surface area contributed by atoms with Crippen LogP contribution in [0.4, 0.5) is 0 Å². The lowest BCUT2D eigenvalue weighted by Crippen LogP contribution is -2.17. The van der Waals surface area contributed by atoms with E-state index in [9.17, 15) is 0 Å². The first-order valence-electron chi connectivity index (χ1n) is 5.79. The number of rotatable bonds is 5. The Morgan fingerprint density at radius 2 is 2.47 bits per heavy atom. The van der Waals surface area contributed by atoms with Crippen molar-refractivity contribution in [2.75, 3.05) is 20.3 Å². The monoisotopic (exact) mass is 232 g/mol. The summed E-state index contributed by atoms with van der Waals surface area (Å²) < 4.78 is 11.1. The lowest BCUT2D eigenvalue weighted by Gasteiger charge is -2.08. The summed E-state index contributed by atoms with van der Waals surface area (Å²) >= 11 is 0. The van der Waals surface area contributed by atoms with Crippen LogP contribution >= 0.6 is 0 Å². The SMILES string of the molecule is CNC1COc2cc(OCCCC#N)ccc21. The Morgan fingerprint density at radius 3 is 3.24 bits per heavy atom. The number of likely N-dealkylation sites (N-methyl/N-ethyl adjacent to an activating group) is 1. The molecule has 0 aromatic heterocycles. The Labute approximate surface area is 101 Å². The summed E-state index contributed by atoms with van der Waals surface area (Å²) in [5.74, 6) is 1.69. The van der Waals surface area contributed by atoms with Crippen molar-refractivity contribution < 1.29 is 9.47 Å². The largest absolute Gasteiger partial charge is 0.493 e. The van der Waals surface area contributed by atoms with Gasteiger partial charge in [0.15, 0.2) is 0 Å². The zero-order chi connectivity index (χ0) is 12.1. The molecule has 90 valence electrons. The van der Waals surface area contributed by atoms with Crippen molar-refractivity contribution in [3.63, 3.8) is 0 Å². The van der Waals surface area contributed by atoms with Crippen molar-refractivity contribution in [2.45, 2.75) is 18.9 Å². The summed E-state index contributed by atoms with van der Waals surface area (Å²) in [6.07, 6.45) is 1.29. The number of nitrogens with zero attached hydrogens (tertiary/aromatic N) is 1. The van der Waals surface area contributed by atoms with Crippen LogP contribution in [0.25, 0.3) is 0 Å². The first-order chi connectivity index (χ1) is 8.35. The van der Waals surface area contributed by atoms with Crippen LogP contribution in [-0.4, -0.2) is 20.3 Å². The molecule has 17 heavy (non-hydrogen) atoms. The van der Waals surface area contributed by atoms with Gasteiger partial charge in [-0.05, 0) is 25.6 Å². The molecule has 1 unspecified atom stereocenters. The second-order valence-corrected chi connectivity index (χ2v) is 3.96. The fourth-order valence-electron chi connectivity index (χ4n) is 1.86. The van der Waals surface area contributed by atoms with E-state index in [0.29, 0.717) is 19.6 Å². The van der Waals surface area contributed by atoms with E-state index < -0.39 is 0 Å². The molecule has 0 bridgehead atoms. The summed E-state index contributed by atoms with van der Waals surface area (Å²) in [5, 5.41) is 11.6. The van der Waals surface area contributed by atoms with Crippen LogP contribution in [-0.2, 0) is 0 Å². The third-order valence-electron chi connectivity index (χ3n) is 2.82.